The van der Waals surface area contributed by atoms with Gasteiger partial charge in [-0.25, -0.2) is 0 Å². The number of hydrogen-bond donors (Lipinski definition) is 1. The topological polar surface area (TPSA) is 49.8 Å². The van der Waals surface area contributed by atoms with Crippen LogP contribution in [0.5, 0.6) is 11.5 Å². The minimum Gasteiger partial charge on any atom is -0.504 e. The zero-order chi connectivity index (χ0) is 17.4. The van der Waals surface area contributed by atoms with Crippen LogP contribution in [0.4, 0.5) is 5.69 Å². The second kappa shape index (κ2) is 6.58. The lowest BCUT2D eigenvalue weighted by Crippen LogP contribution is -2.27. The largest absolute Gasteiger partial charge is 0.504 e. The minimum absolute atomic E-state index is 0.0650. The third kappa shape index (κ3) is 2.83. The van der Waals surface area contributed by atoms with Gasteiger partial charge in [0, 0.05) is 16.5 Å². The lowest BCUT2D eigenvalue weighted by molar-refractivity contribution is -0.113. The molecule has 7 heteroatoms. The molecular weight excluding hydrogens is 362 g/mol. The number of phenols is 1. The predicted molar refractivity (Wildman–Crippen MR) is 104 cm³/mol. The summed E-state index contributed by atoms with van der Waals surface area (Å²) >= 11 is 7.99. The van der Waals surface area contributed by atoms with Crippen molar-refractivity contribution >= 4 is 51.2 Å². The summed E-state index contributed by atoms with van der Waals surface area (Å²) < 4.78 is 5.98. The molecule has 0 aliphatic carbocycles. The molecule has 0 spiro atoms. The third-order valence-electron chi connectivity index (χ3n) is 3.56. The Morgan fingerprint density at radius 1 is 1.42 bits per heavy atom. The van der Waals surface area contributed by atoms with E-state index in [2.05, 4.69) is 6.58 Å². The summed E-state index contributed by atoms with van der Waals surface area (Å²) in [5.41, 5.74) is 2.24. The van der Waals surface area contributed by atoms with Crippen LogP contribution in [-0.2, 0) is 4.79 Å². The number of aromatic hydroxyl groups is 1. The maximum absolute atomic E-state index is 12.4. The number of aryl methyl sites for hydroxylation is 1. The minimum atomic E-state index is -0.244. The lowest BCUT2D eigenvalue weighted by atomic mass is 10.1. The van der Waals surface area contributed by atoms with Gasteiger partial charge < -0.3 is 9.84 Å². The van der Waals surface area contributed by atoms with Crippen LogP contribution in [-0.4, -0.2) is 21.9 Å². The number of benzene rings is 1. The lowest BCUT2D eigenvalue weighted by Gasteiger charge is -2.19. The van der Waals surface area contributed by atoms with Gasteiger partial charge in [-0.15, -0.1) is 11.3 Å². The van der Waals surface area contributed by atoms with Crippen molar-refractivity contribution in [3.8, 4) is 21.9 Å². The fourth-order valence-electron chi connectivity index (χ4n) is 2.43. The Morgan fingerprint density at radius 3 is 2.71 bits per heavy atom. The van der Waals surface area contributed by atoms with Gasteiger partial charge in [-0.05, 0) is 36.9 Å². The number of ether oxygens (including phenoxy) is 1. The third-order valence-corrected chi connectivity index (χ3v) is 5.82. The zero-order valence-corrected chi connectivity index (χ0v) is 15.6. The number of phenolic OH excluding ortho intramolecular Hbond substituents is 1. The Kier molecular flexibility index (Phi) is 4.67. The van der Waals surface area contributed by atoms with E-state index >= 15 is 0 Å². The highest BCUT2D eigenvalue weighted by atomic mass is 32.2. The van der Waals surface area contributed by atoms with Gasteiger partial charge in [-0.1, -0.05) is 30.6 Å². The average molecular weight is 378 g/mol. The Bertz CT molecular complexity index is 857. The first-order valence-electron chi connectivity index (χ1n) is 7.23. The average Bonchev–Trinajstić information content (AvgIpc) is 3.06. The molecule has 0 saturated carbocycles. The maximum atomic E-state index is 12.4. The van der Waals surface area contributed by atoms with Crippen molar-refractivity contribution in [2.75, 3.05) is 11.5 Å². The molecule has 124 valence electrons. The van der Waals surface area contributed by atoms with E-state index in [4.69, 9.17) is 17.0 Å². The van der Waals surface area contributed by atoms with Crippen molar-refractivity contribution in [3.05, 3.63) is 40.6 Å². The second-order valence-electron chi connectivity index (χ2n) is 5.14. The number of rotatable bonds is 4. The number of thioether (sulfide) groups is 1. The number of anilines is 1. The number of hydrogen-bond acceptors (Lipinski definition) is 6. The molecule has 1 fully saturated rings. The summed E-state index contributed by atoms with van der Waals surface area (Å²) in [4.78, 5) is 15.1. The predicted octanol–water partition coefficient (Wildman–Crippen LogP) is 4.71. The summed E-state index contributed by atoms with van der Waals surface area (Å²) in [6, 6.07) is 5.38. The van der Waals surface area contributed by atoms with Crippen LogP contribution in [0.2, 0.25) is 0 Å². The Balaban J connectivity index is 2.19. The first kappa shape index (κ1) is 17.0. The molecule has 1 saturated heterocycles. The van der Waals surface area contributed by atoms with E-state index in [-0.39, 0.29) is 11.7 Å². The molecule has 1 aliphatic rings. The molecule has 0 unspecified atom stereocenters. The Hall–Kier alpha value is -1.83. The number of amides is 1. The van der Waals surface area contributed by atoms with Crippen molar-refractivity contribution in [1.82, 2.24) is 0 Å². The maximum Gasteiger partial charge on any atom is 0.270 e. The first-order chi connectivity index (χ1) is 11.4. The summed E-state index contributed by atoms with van der Waals surface area (Å²) in [7, 11) is 0. The van der Waals surface area contributed by atoms with Crippen molar-refractivity contribution in [3.63, 3.8) is 0 Å². The van der Waals surface area contributed by atoms with Crippen LogP contribution in [0.25, 0.3) is 10.4 Å². The van der Waals surface area contributed by atoms with Gasteiger partial charge in [0.15, 0.2) is 15.8 Å². The molecule has 1 amide bonds. The molecule has 24 heavy (non-hydrogen) atoms. The fraction of sp³-hybridized carbons (Fsp3) is 0.176. The van der Waals surface area contributed by atoms with Crippen LogP contribution in [0.15, 0.2) is 35.1 Å². The monoisotopic (exact) mass is 377 g/mol. The normalized spacial score (nSPS) is 14.6. The van der Waals surface area contributed by atoms with E-state index in [1.807, 2.05) is 25.3 Å². The summed E-state index contributed by atoms with van der Waals surface area (Å²) in [6.45, 7) is 7.94. The quantitative estimate of drug-likeness (QED) is 0.618. The van der Waals surface area contributed by atoms with Crippen molar-refractivity contribution in [2.45, 2.75) is 13.8 Å². The van der Waals surface area contributed by atoms with Gasteiger partial charge in [0.05, 0.1) is 17.2 Å². The van der Waals surface area contributed by atoms with E-state index in [0.717, 1.165) is 10.4 Å². The molecular formula is C17H15NO3S3. The van der Waals surface area contributed by atoms with Crippen LogP contribution >= 0.6 is 35.3 Å². The van der Waals surface area contributed by atoms with E-state index in [1.54, 1.807) is 12.1 Å². The molecule has 0 bridgehead atoms. The van der Waals surface area contributed by atoms with Crippen LogP contribution in [0, 0.1) is 6.92 Å². The van der Waals surface area contributed by atoms with Gasteiger partial charge in [0.2, 0.25) is 0 Å². The SMILES string of the molecule is C=C1SC(=S)N(c2cc(OCC)c(O)c(-c3sccc3C)c2)C1=O. The van der Waals surface area contributed by atoms with Gasteiger partial charge in [0.25, 0.3) is 5.91 Å². The summed E-state index contributed by atoms with van der Waals surface area (Å²) in [5, 5.41) is 12.5. The second-order valence-corrected chi connectivity index (χ2v) is 7.78. The number of thiocarbonyl (C=S) groups is 1. The van der Waals surface area contributed by atoms with E-state index < -0.39 is 0 Å². The molecule has 0 radical (unpaired) electrons. The highest BCUT2D eigenvalue weighted by molar-refractivity contribution is 8.27. The van der Waals surface area contributed by atoms with Gasteiger partial charge in [0.1, 0.15) is 0 Å². The van der Waals surface area contributed by atoms with Gasteiger partial charge in [-0.2, -0.15) is 0 Å². The molecule has 2 aromatic rings. The number of thiophene rings is 1. The van der Waals surface area contributed by atoms with E-state index in [0.29, 0.717) is 32.8 Å². The summed E-state index contributed by atoms with van der Waals surface area (Å²) in [5.74, 6) is 0.151. The number of carbonyl (C=O) groups excluding carboxylic acids is 1. The Morgan fingerprint density at radius 2 is 2.17 bits per heavy atom. The zero-order valence-electron chi connectivity index (χ0n) is 13.2. The van der Waals surface area contributed by atoms with Crippen LogP contribution < -0.4 is 9.64 Å². The van der Waals surface area contributed by atoms with Gasteiger partial charge >= 0.3 is 0 Å². The highest BCUT2D eigenvalue weighted by Crippen LogP contribution is 2.45. The van der Waals surface area contributed by atoms with Crippen LogP contribution in [0.3, 0.4) is 0 Å². The number of carbonyl (C=O) groups is 1. The molecule has 4 nitrogen and oxygen atoms in total. The number of nitrogens with zero attached hydrogens (tertiary/aromatic N) is 1. The van der Waals surface area contributed by atoms with Gasteiger partial charge in [-0.3, -0.25) is 9.69 Å². The van der Waals surface area contributed by atoms with Crippen molar-refractivity contribution in [1.29, 1.82) is 0 Å². The van der Waals surface area contributed by atoms with E-state index in [1.165, 1.54) is 28.0 Å². The van der Waals surface area contributed by atoms with E-state index in [9.17, 15) is 9.90 Å². The van der Waals surface area contributed by atoms with Crippen LogP contribution in [0.1, 0.15) is 12.5 Å². The highest BCUT2D eigenvalue weighted by Gasteiger charge is 2.33. The first-order valence-corrected chi connectivity index (χ1v) is 9.34. The molecule has 1 N–H and O–H groups in total. The molecule has 1 aromatic carbocycles. The smallest absolute Gasteiger partial charge is 0.270 e. The molecule has 1 aromatic heterocycles. The van der Waals surface area contributed by atoms with Crippen molar-refractivity contribution < 1.29 is 14.6 Å². The fourth-order valence-corrected chi connectivity index (χ4v) is 4.54. The molecule has 3 rings (SSSR count). The molecule has 0 atom stereocenters. The molecule has 2 heterocycles. The molecule has 1 aliphatic heterocycles. The van der Waals surface area contributed by atoms with Crippen molar-refractivity contribution in [2.24, 2.45) is 0 Å². The Labute approximate surface area is 153 Å². The summed E-state index contributed by atoms with van der Waals surface area (Å²) in [6.07, 6.45) is 0. The standard InChI is InChI=1S/C17H15NO3S3/c1-4-21-13-8-11(18-16(20)10(3)24-17(18)22)7-12(14(13)19)15-9(2)5-6-23-15/h5-8,19H,3-4H2,1-2H3.